The van der Waals surface area contributed by atoms with Gasteiger partial charge in [-0.15, -0.1) is 0 Å². The number of hydrogen-bond donors (Lipinski definition) is 1. The summed E-state index contributed by atoms with van der Waals surface area (Å²) in [5.74, 6) is 0.668. The van der Waals surface area contributed by atoms with Crippen LogP contribution in [0.15, 0.2) is 36.4 Å². The van der Waals surface area contributed by atoms with Crippen LogP contribution in [0.3, 0.4) is 0 Å². The summed E-state index contributed by atoms with van der Waals surface area (Å²) in [4.78, 5) is 52.1. The predicted octanol–water partition coefficient (Wildman–Crippen LogP) is 9.74. The Kier molecular flexibility index (Phi) is 12.2. The van der Waals surface area contributed by atoms with Crippen LogP contribution in [0.2, 0.25) is 0 Å². The zero-order chi connectivity index (χ0) is 41.4. The zero-order valence-corrected chi connectivity index (χ0v) is 35.4. The van der Waals surface area contributed by atoms with Crippen LogP contribution in [0.1, 0.15) is 130 Å². The summed E-state index contributed by atoms with van der Waals surface area (Å²) in [6.45, 7) is 21.6. The Morgan fingerprint density at radius 2 is 1.41 bits per heavy atom. The highest BCUT2D eigenvalue weighted by Crippen LogP contribution is 2.36. The highest BCUT2D eigenvalue weighted by atomic mass is 16.7. The molecule has 5 rings (SSSR count). The van der Waals surface area contributed by atoms with E-state index in [-0.39, 0.29) is 18.4 Å². The van der Waals surface area contributed by atoms with Gasteiger partial charge in [0.2, 0.25) is 0 Å². The lowest BCUT2D eigenvalue weighted by atomic mass is 9.87. The van der Waals surface area contributed by atoms with Crippen molar-refractivity contribution < 1.29 is 33.3 Å². The Hall–Kier alpha value is -4.71. The number of benzene rings is 2. The molecule has 1 unspecified atom stereocenters. The van der Waals surface area contributed by atoms with E-state index in [4.69, 9.17) is 34.6 Å². The van der Waals surface area contributed by atoms with Crippen LogP contribution < -0.4 is 10.6 Å². The largest absolute Gasteiger partial charge is 0.509 e. The van der Waals surface area contributed by atoms with E-state index in [2.05, 4.69) is 31.2 Å². The minimum Gasteiger partial charge on any atom is -0.443 e. The number of nitrogens with two attached hydrogens (primary N) is 1. The van der Waals surface area contributed by atoms with E-state index in [0.29, 0.717) is 35.2 Å². The molecule has 2 N–H and O–H groups in total. The maximum absolute atomic E-state index is 14.1. The van der Waals surface area contributed by atoms with Gasteiger partial charge in [-0.05, 0) is 137 Å². The summed E-state index contributed by atoms with van der Waals surface area (Å²) in [6.07, 6.45) is 3.07. The van der Waals surface area contributed by atoms with E-state index in [0.717, 1.165) is 53.5 Å². The molecule has 0 spiro atoms. The van der Waals surface area contributed by atoms with Crippen LogP contribution in [0.4, 0.5) is 20.2 Å². The SMILES string of the molecule is CCCCc1nc2c(N(C(=O)OC(C)(C)C)C(=O)OC(C)(C)C)nc3cc(Cc4ccc5c(c4)CC(N)CC5)ccc3c2n1CC(C)(C)OC(=O)OC(C)(C)C. The van der Waals surface area contributed by atoms with Gasteiger partial charge in [-0.25, -0.2) is 24.4 Å². The Labute approximate surface area is 331 Å². The number of nitrogens with zero attached hydrogens (tertiary/aromatic N) is 4. The molecule has 2 heterocycles. The van der Waals surface area contributed by atoms with E-state index in [1.165, 1.54) is 11.1 Å². The molecule has 4 aromatic rings. The van der Waals surface area contributed by atoms with Crippen LogP contribution in [0, 0.1) is 0 Å². The van der Waals surface area contributed by atoms with E-state index in [1.54, 1.807) is 62.3 Å². The van der Waals surface area contributed by atoms with Gasteiger partial charge in [0.25, 0.3) is 0 Å². The van der Waals surface area contributed by atoms with Crippen LogP contribution >= 0.6 is 0 Å². The molecule has 2 aromatic heterocycles. The number of aromatic nitrogens is 3. The monoisotopic (exact) mass is 771 g/mol. The van der Waals surface area contributed by atoms with Gasteiger partial charge in [-0.3, -0.25) is 0 Å². The summed E-state index contributed by atoms with van der Waals surface area (Å²) in [5, 5.41) is 0.751. The number of hydrogen-bond acceptors (Lipinski definition) is 10. The maximum Gasteiger partial charge on any atom is 0.509 e. The first-order chi connectivity index (χ1) is 25.9. The molecule has 0 saturated carbocycles. The second kappa shape index (κ2) is 16.0. The topological polar surface area (TPSA) is 148 Å². The first kappa shape index (κ1) is 42.4. The fraction of sp³-hybridized carbons (Fsp3) is 0.568. The average Bonchev–Trinajstić information content (AvgIpc) is 3.38. The number of unbranched alkanes of at least 4 members (excludes halogenated alkanes) is 1. The van der Waals surface area contributed by atoms with Crippen LogP contribution in [0.25, 0.3) is 21.9 Å². The standard InChI is InChI=1S/C44H61N5O7/c1-13-14-15-34-47-35-36(48(34)26-44(11,12)56-40(52)55-43(8,9)10)32-21-17-28(22-27-16-18-29-19-20-31(45)25-30(29)23-27)24-33(32)46-37(35)49(38(50)53-41(2,3)4)39(51)54-42(5,6)7/h16-18,21,23-24,31H,13-15,19-20,22,25-26,45H2,1-12H3. The molecule has 2 aromatic carbocycles. The van der Waals surface area contributed by atoms with Crippen LogP contribution in [0.5, 0.6) is 0 Å². The van der Waals surface area contributed by atoms with Gasteiger partial charge >= 0.3 is 18.3 Å². The van der Waals surface area contributed by atoms with Crippen molar-refractivity contribution in [1.82, 2.24) is 14.5 Å². The molecule has 1 atom stereocenters. The third-order valence-electron chi connectivity index (χ3n) is 9.15. The number of fused-ring (bicyclic) bond motifs is 4. The van der Waals surface area contributed by atoms with Gasteiger partial charge in [0.1, 0.15) is 33.7 Å². The van der Waals surface area contributed by atoms with Crippen LogP contribution in [-0.4, -0.2) is 61.3 Å². The van der Waals surface area contributed by atoms with E-state index in [9.17, 15) is 14.4 Å². The van der Waals surface area contributed by atoms with Gasteiger partial charge in [0.05, 0.1) is 17.6 Å². The van der Waals surface area contributed by atoms with Crippen molar-refractivity contribution in [2.75, 3.05) is 4.90 Å². The van der Waals surface area contributed by atoms with Crippen molar-refractivity contribution in [2.24, 2.45) is 5.73 Å². The molecule has 1 aliphatic carbocycles. The minimum absolute atomic E-state index is 0.0155. The summed E-state index contributed by atoms with van der Waals surface area (Å²) in [6, 6.07) is 12.8. The summed E-state index contributed by atoms with van der Waals surface area (Å²) < 4.78 is 25.0. The smallest absolute Gasteiger partial charge is 0.443 e. The number of amides is 2. The number of pyridine rings is 1. The zero-order valence-electron chi connectivity index (χ0n) is 35.4. The molecule has 12 nitrogen and oxygen atoms in total. The second-order valence-electron chi connectivity index (χ2n) is 18.6. The molecular formula is C44H61N5O7. The lowest BCUT2D eigenvalue weighted by Gasteiger charge is -2.29. The maximum atomic E-state index is 14.1. The number of anilines is 1. The Morgan fingerprint density at radius 3 is 2.02 bits per heavy atom. The molecule has 56 heavy (non-hydrogen) atoms. The average molecular weight is 772 g/mol. The third kappa shape index (κ3) is 10.8. The Morgan fingerprint density at radius 1 is 0.804 bits per heavy atom. The van der Waals surface area contributed by atoms with Gasteiger partial charge in [-0.1, -0.05) is 43.7 Å². The number of carbonyl (C=O) groups excluding carboxylic acids is 3. The van der Waals surface area contributed by atoms with Crippen molar-refractivity contribution in [3.8, 4) is 0 Å². The molecular weight excluding hydrogens is 711 g/mol. The highest BCUT2D eigenvalue weighted by molar-refractivity contribution is 6.17. The van der Waals surface area contributed by atoms with Gasteiger partial charge < -0.3 is 29.2 Å². The number of aryl methyl sites for hydroxylation is 2. The van der Waals surface area contributed by atoms with Crippen molar-refractivity contribution in [3.05, 3.63) is 64.5 Å². The lowest BCUT2D eigenvalue weighted by molar-refractivity contribution is -0.0581. The first-order valence-electron chi connectivity index (χ1n) is 19.8. The molecule has 0 saturated heterocycles. The molecule has 0 radical (unpaired) electrons. The highest BCUT2D eigenvalue weighted by Gasteiger charge is 2.37. The molecule has 0 bridgehead atoms. The van der Waals surface area contributed by atoms with Gasteiger partial charge in [0.15, 0.2) is 5.82 Å². The Bertz CT molecular complexity index is 2070. The van der Waals surface area contributed by atoms with Gasteiger partial charge in [-0.2, -0.15) is 4.90 Å². The minimum atomic E-state index is -1.06. The third-order valence-corrected chi connectivity index (χ3v) is 9.15. The predicted molar refractivity (Wildman–Crippen MR) is 219 cm³/mol. The number of ether oxygens (including phenoxy) is 4. The Balaban J connectivity index is 1.74. The molecule has 0 fully saturated rings. The molecule has 304 valence electrons. The van der Waals surface area contributed by atoms with E-state index in [1.807, 2.05) is 30.5 Å². The quantitative estimate of drug-likeness (QED) is 0.129. The van der Waals surface area contributed by atoms with Crippen molar-refractivity contribution in [1.29, 1.82) is 0 Å². The van der Waals surface area contributed by atoms with Crippen molar-refractivity contribution in [3.63, 3.8) is 0 Å². The fourth-order valence-corrected chi connectivity index (χ4v) is 6.88. The summed E-state index contributed by atoms with van der Waals surface area (Å²) >= 11 is 0. The second-order valence-corrected chi connectivity index (χ2v) is 18.6. The van der Waals surface area contributed by atoms with Crippen molar-refractivity contribution in [2.45, 2.75) is 163 Å². The molecule has 2 amide bonds. The number of imidazole rings is 1. The van der Waals surface area contributed by atoms with Crippen LogP contribution in [-0.2, 0) is 51.2 Å². The van der Waals surface area contributed by atoms with E-state index >= 15 is 0 Å². The molecule has 1 aliphatic rings. The normalized spacial score (nSPS) is 15.1. The molecule has 12 heteroatoms. The lowest BCUT2D eigenvalue weighted by Crippen LogP contribution is -2.44. The molecule has 0 aliphatic heterocycles. The first-order valence-corrected chi connectivity index (χ1v) is 19.8. The summed E-state index contributed by atoms with van der Waals surface area (Å²) in [7, 11) is 0. The number of rotatable bonds is 9. The number of carbonyl (C=O) groups is 3. The van der Waals surface area contributed by atoms with E-state index < -0.39 is 40.7 Å². The number of imide groups is 1. The van der Waals surface area contributed by atoms with Gasteiger partial charge in [0, 0.05) is 17.8 Å². The fourth-order valence-electron chi connectivity index (χ4n) is 6.88. The summed E-state index contributed by atoms with van der Waals surface area (Å²) in [5.41, 5.74) is 8.89. The van der Waals surface area contributed by atoms with Crippen molar-refractivity contribution >= 4 is 46.1 Å².